The lowest BCUT2D eigenvalue weighted by Crippen LogP contribution is -2.40. The molecule has 0 spiro atoms. The number of aliphatic hydroxyl groups is 2. The number of ether oxygens (including phenoxy) is 4. The van der Waals surface area contributed by atoms with Crippen LogP contribution < -0.4 is 0 Å². The first-order chi connectivity index (χ1) is 8.04. The second kappa shape index (κ2) is 4.84. The predicted molar refractivity (Wildman–Crippen MR) is 49.9 cm³/mol. The van der Waals surface area contributed by atoms with Crippen LogP contribution in [0.3, 0.4) is 0 Å². The van der Waals surface area contributed by atoms with Crippen molar-refractivity contribution < 1.29 is 39.1 Å². The first kappa shape index (κ1) is 12.7. The van der Waals surface area contributed by atoms with E-state index in [1.807, 2.05) is 0 Å². The van der Waals surface area contributed by atoms with E-state index in [0.717, 1.165) is 0 Å². The Morgan fingerprint density at radius 1 is 1.29 bits per heavy atom. The Morgan fingerprint density at radius 3 is 2.47 bits per heavy atom. The van der Waals surface area contributed by atoms with Gasteiger partial charge in [0.2, 0.25) is 0 Å². The highest BCUT2D eigenvalue weighted by atomic mass is 16.8. The Morgan fingerprint density at radius 2 is 2.00 bits per heavy atom. The van der Waals surface area contributed by atoms with Crippen molar-refractivity contribution >= 4 is 5.97 Å². The first-order valence-corrected chi connectivity index (χ1v) is 5.09. The second-order valence-electron chi connectivity index (χ2n) is 3.86. The normalized spacial score (nSPS) is 46.3. The number of carboxylic acid groups (broad SMARTS) is 1. The van der Waals surface area contributed by atoms with Gasteiger partial charge < -0.3 is 34.3 Å². The molecular formula is C9H14O8. The van der Waals surface area contributed by atoms with Crippen molar-refractivity contribution in [1.29, 1.82) is 0 Å². The van der Waals surface area contributed by atoms with E-state index in [-0.39, 0.29) is 6.61 Å². The van der Waals surface area contributed by atoms with Crippen molar-refractivity contribution in [3.8, 4) is 0 Å². The lowest BCUT2D eigenvalue weighted by Gasteiger charge is -2.19. The average molecular weight is 250 g/mol. The summed E-state index contributed by atoms with van der Waals surface area (Å²) in [6.07, 6.45) is -6.35. The van der Waals surface area contributed by atoms with E-state index in [1.165, 1.54) is 7.11 Å². The molecule has 0 aromatic rings. The number of hydrogen-bond donors (Lipinski definition) is 3. The number of aliphatic carboxylic acids is 1. The second-order valence-corrected chi connectivity index (χ2v) is 3.86. The van der Waals surface area contributed by atoms with Crippen molar-refractivity contribution in [2.24, 2.45) is 0 Å². The van der Waals surface area contributed by atoms with E-state index < -0.39 is 43.0 Å². The van der Waals surface area contributed by atoms with Crippen LogP contribution in [-0.2, 0) is 23.7 Å². The molecule has 2 heterocycles. The Balaban J connectivity index is 1.98. The molecule has 8 nitrogen and oxygen atoms in total. The van der Waals surface area contributed by atoms with Gasteiger partial charge in [-0.1, -0.05) is 0 Å². The molecule has 2 saturated heterocycles. The van der Waals surface area contributed by atoms with E-state index in [9.17, 15) is 15.0 Å². The summed E-state index contributed by atoms with van der Waals surface area (Å²) in [4.78, 5) is 10.6. The maximum absolute atomic E-state index is 10.6. The quantitative estimate of drug-likeness (QED) is 0.522. The SMILES string of the molecule is COC1OC(C2COC(C(=O)O)O2)C(O)C1O. The third-order valence-electron chi connectivity index (χ3n) is 2.77. The third-order valence-corrected chi connectivity index (χ3v) is 2.77. The molecule has 8 heteroatoms. The zero-order valence-electron chi connectivity index (χ0n) is 9.05. The number of rotatable bonds is 3. The number of methoxy groups -OCH3 is 1. The van der Waals surface area contributed by atoms with Gasteiger partial charge in [-0.3, -0.25) is 0 Å². The summed E-state index contributed by atoms with van der Waals surface area (Å²) in [5.74, 6) is -1.25. The molecule has 0 aromatic heterocycles. The first-order valence-electron chi connectivity index (χ1n) is 5.09. The molecule has 0 radical (unpaired) electrons. The van der Waals surface area contributed by atoms with Crippen LogP contribution in [0.5, 0.6) is 0 Å². The van der Waals surface area contributed by atoms with Crippen LogP contribution >= 0.6 is 0 Å². The molecule has 0 saturated carbocycles. The van der Waals surface area contributed by atoms with Gasteiger partial charge in [0.15, 0.2) is 6.29 Å². The fourth-order valence-electron chi connectivity index (χ4n) is 1.90. The van der Waals surface area contributed by atoms with Gasteiger partial charge in [0.05, 0.1) is 6.61 Å². The van der Waals surface area contributed by atoms with Crippen LogP contribution in [0.2, 0.25) is 0 Å². The smallest absolute Gasteiger partial charge is 0.361 e. The van der Waals surface area contributed by atoms with Crippen LogP contribution in [0.15, 0.2) is 0 Å². The minimum absolute atomic E-state index is 0.0259. The van der Waals surface area contributed by atoms with Crippen LogP contribution in [0.25, 0.3) is 0 Å². The van der Waals surface area contributed by atoms with E-state index in [4.69, 9.17) is 24.1 Å². The summed E-state index contributed by atoms with van der Waals surface area (Å²) in [5.41, 5.74) is 0. The predicted octanol–water partition coefficient (Wildman–Crippen LogP) is -2.09. The zero-order valence-corrected chi connectivity index (χ0v) is 9.05. The molecule has 0 aromatic carbocycles. The monoisotopic (exact) mass is 250 g/mol. The molecule has 6 unspecified atom stereocenters. The number of hydrogen-bond acceptors (Lipinski definition) is 7. The minimum atomic E-state index is -1.37. The van der Waals surface area contributed by atoms with Crippen LogP contribution in [0.1, 0.15) is 0 Å². The molecule has 0 bridgehead atoms. The van der Waals surface area contributed by atoms with Gasteiger partial charge in [-0.15, -0.1) is 0 Å². The summed E-state index contributed by atoms with van der Waals surface area (Å²) in [7, 11) is 1.33. The Bertz CT molecular complexity index is 295. The van der Waals surface area contributed by atoms with E-state index in [0.29, 0.717) is 0 Å². The van der Waals surface area contributed by atoms with Gasteiger partial charge in [-0.25, -0.2) is 4.79 Å². The van der Waals surface area contributed by atoms with Gasteiger partial charge >= 0.3 is 5.97 Å². The minimum Gasteiger partial charge on any atom is -0.477 e. The van der Waals surface area contributed by atoms with Crippen LogP contribution in [-0.4, -0.2) is 72.0 Å². The highest BCUT2D eigenvalue weighted by molar-refractivity contribution is 5.70. The highest BCUT2D eigenvalue weighted by Crippen LogP contribution is 2.28. The third kappa shape index (κ3) is 2.28. The lowest BCUT2D eigenvalue weighted by molar-refractivity contribution is -0.181. The van der Waals surface area contributed by atoms with E-state index in [2.05, 4.69) is 0 Å². The van der Waals surface area contributed by atoms with Gasteiger partial charge in [-0.2, -0.15) is 0 Å². The van der Waals surface area contributed by atoms with Crippen LogP contribution in [0, 0.1) is 0 Å². The lowest BCUT2D eigenvalue weighted by atomic mass is 10.1. The van der Waals surface area contributed by atoms with Crippen molar-refractivity contribution in [3.05, 3.63) is 0 Å². The van der Waals surface area contributed by atoms with Crippen molar-refractivity contribution in [3.63, 3.8) is 0 Å². The average Bonchev–Trinajstić information content (AvgIpc) is 2.87. The Kier molecular flexibility index (Phi) is 3.61. The molecule has 98 valence electrons. The summed E-state index contributed by atoms with van der Waals surface area (Å²) in [6, 6.07) is 0. The maximum atomic E-state index is 10.6. The standard InChI is InChI=1S/C9H14O8/c1-14-8-5(11)4(10)6(17-8)3-2-15-9(16-3)7(12)13/h3-6,8-11H,2H2,1H3,(H,12,13). The summed E-state index contributed by atoms with van der Waals surface area (Å²) in [5, 5.41) is 27.9. The molecule has 2 aliphatic rings. The highest BCUT2D eigenvalue weighted by Gasteiger charge is 2.50. The fourth-order valence-corrected chi connectivity index (χ4v) is 1.90. The van der Waals surface area contributed by atoms with E-state index >= 15 is 0 Å². The van der Waals surface area contributed by atoms with Gasteiger partial charge in [0.1, 0.15) is 24.4 Å². The Labute approximate surface area is 96.6 Å². The molecule has 2 rings (SSSR count). The fraction of sp³-hybridized carbons (Fsp3) is 0.889. The van der Waals surface area contributed by atoms with Crippen LogP contribution in [0.4, 0.5) is 0 Å². The van der Waals surface area contributed by atoms with Gasteiger partial charge in [0, 0.05) is 7.11 Å². The molecule has 0 aliphatic carbocycles. The topological polar surface area (TPSA) is 115 Å². The van der Waals surface area contributed by atoms with Crippen molar-refractivity contribution in [2.45, 2.75) is 37.0 Å². The molecular weight excluding hydrogens is 236 g/mol. The maximum Gasteiger partial charge on any atom is 0.361 e. The van der Waals surface area contributed by atoms with Crippen molar-refractivity contribution in [2.75, 3.05) is 13.7 Å². The summed E-state index contributed by atoms with van der Waals surface area (Å²) in [6.45, 7) is -0.0259. The van der Waals surface area contributed by atoms with Crippen molar-refractivity contribution in [1.82, 2.24) is 0 Å². The molecule has 0 amide bonds. The summed E-state index contributed by atoms with van der Waals surface area (Å²) >= 11 is 0. The number of aliphatic hydroxyl groups excluding tert-OH is 2. The van der Waals surface area contributed by atoms with Gasteiger partial charge in [-0.05, 0) is 0 Å². The molecule has 2 aliphatic heterocycles. The van der Waals surface area contributed by atoms with E-state index in [1.54, 1.807) is 0 Å². The Hall–Kier alpha value is -0.770. The number of carboxylic acids is 1. The zero-order chi connectivity index (χ0) is 12.6. The molecule has 2 fully saturated rings. The summed E-state index contributed by atoms with van der Waals surface area (Å²) < 4.78 is 19.9. The van der Waals surface area contributed by atoms with Gasteiger partial charge in [0.25, 0.3) is 6.29 Å². The largest absolute Gasteiger partial charge is 0.477 e. The molecule has 17 heavy (non-hydrogen) atoms. The molecule has 3 N–H and O–H groups in total. The molecule has 6 atom stereocenters. The number of carbonyl (C=O) groups is 1.